The highest BCUT2D eigenvalue weighted by molar-refractivity contribution is 5.85. The summed E-state index contributed by atoms with van der Waals surface area (Å²) in [5, 5.41) is 18.6. The molecule has 0 aromatic rings. The van der Waals surface area contributed by atoms with Crippen LogP contribution < -0.4 is 0 Å². The molecule has 0 aliphatic carbocycles. The van der Waals surface area contributed by atoms with Crippen molar-refractivity contribution in [2.75, 3.05) is 26.6 Å². The minimum atomic E-state index is -0.535. The van der Waals surface area contributed by atoms with Crippen molar-refractivity contribution >= 4 is 12.1 Å². The number of aliphatic hydroxyl groups excluding tert-OH is 2. The summed E-state index contributed by atoms with van der Waals surface area (Å²) in [6, 6.07) is -0.640. The van der Waals surface area contributed by atoms with Gasteiger partial charge in [0, 0.05) is 13.1 Å². The lowest BCUT2D eigenvalue weighted by molar-refractivity contribution is 0.0553. The molecule has 102 valence electrons. The van der Waals surface area contributed by atoms with Crippen molar-refractivity contribution in [1.82, 2.24) is 19.6 Å². The second-order valence-corrected chi connectivity index (χ2v) is 4.19. The van der Waals surface area contributed by atoms with Crippen molar-refractivity contribution in [1.29, 1.82) is 0 Å². The van der Waals surface area contributed by atoms with E-state index in [-0.39, 0.29) is 6.03 Å². The van der Waals surface area contributed by atoms with Gasteiger partial charge in [0.1, 0.15) is 13.5 Å². The summed E-state index contributed by atoms with van der Waals surface area (Å²) in [4.78, 5) is 29.5. The van der Waals surface area contributed by atoms with Crippen LogP contribution in [0, 0.1) is 0 Å². The lowest BCUT2D eigenvalue weighted by atomic mass is 10.3. The molecule has 8 heteroatoms. The van der Waals surface area contributed by atoms with E-state index in [1.165, 1.54) is 19.6 Å². The number of hydrogen-bond acceptors (Lipinski definition) is 4. The predicted molar refractivity (Wildman–Crippen MR) is 61.0 cm³/mol. The average molecular weight is 258 g/mol. The molecule has 2 rings (SSSR count). The van der Waals surface area contributed by atoms with Crippen LogP contribution in [-0.2, 0) is 0 Å². The Morgan fingerprint density at radius 2 is 1.17 bits per heavy atom. The van der Waals surface area contributed by atoms with E-state index in [1.807, 2.05) is 13.8 Å². The zero-order chi connectivity index (χ0) is 13.4. The molecule has 8 nitrogen and oxygen atoms in total. The first-order valence-electron chi connectivity index (χ1n) is 5.98. The molecule has 2 aliphatic rings. The number of likely N-dealkylation sites (N-methyl/N-ethyl adjacent to an activating group) is 2. The molecule has 0 saturated carbocycles. The second kappa shape index (κ2) is 4.62. The van der Waals surface area contributed by atoms with Gasteiger partial charge in [0.25, 0.3) is 0 Å². The number of aliphatic hydroxyl groups is 2. The van der Waals surface area contributed by atoms with Crippen LogP contribution >= 0.6 is 0 Å². The Morgan fingerprint density at radius 3 is 1.44 bits per heavy atom. The SMILES string of the molecule is CCN1C(=O)N(CC)[C@H]2[C@H]1N(CO)C(=O)N2CO. The van der Waals surface area contributed by atoms with E-state index >= 15 is 0 Å². The number of hydrogen-bond donors (Lipinski definition) is 2. The Labute approximate surface area is 105 Å². The molecular formula is C10H18N4O4. The zero-order valence-corrected chi connectivity index (χ0v) is 10.5. The van der Waals surface area contributed by atoms with E-state index < -0.39 is 31.8 Å². The molecule has 2 aliphatic heterocycles. The number of nitrogens with zero attached hydrogens (tertiary/aromatic N) is 4. The molecule has 0 spiro atoms. The topological polar surface area (TPSA) is 87.6 Å². The third kappa shape index (κ3) is 1.45. The molecule has 0 aromatic heterocycles. The van der Waals surface area contributed by atoms with Gasteiger partial charge >= 0.3 is 12.1 Å². The van der Waals surface area contributed by atoms with E-state index in [0.717, 1.165) is 0 Å². The predicted octanol–water partition coefficient (Wildman–Crippen LogP) is -0.947. The van der Waals surface area contributed by atoms with Crippen LogP contribution in [0.3, 0.4) is 0 Å². The Kier molecular flexibility index (Phi) is 3.31. The Bertz CT molecular complexity index is 302. The highest BCUT2D eigenvalue weighted by Crippen LogP contribution is 2.33. The highest BCUT2D eigenvalue weighted by Gasteiger charge is 2.57. The lowest BCUT2D eigenvalue weighted by Gasteiger charge is -2.27. The molecule has 0 unspecified atom stereocenters. The first kappa shape index (κ1) is 12.9. The van der Waals surface area contributed by atoms with Crippen LogP contribution in [0.15, 0.2) is 0 Å². The van der Waals surface area contributed by atoms with Gasteiger partial charge in [-0.2, -0.15) is 0 Å². The maximum atomic E-state index is 12.1. The van der Waals surface area contributed by atoms with Crippen molar-refractivity contribution in [2.24, 2.45) is 0 Å². The molecule has 0 bridgehead atoms. The van der Waals surface area contributed by atoms with Crippen molar-refractivity contribution in [3.63, 3.8) is 0 Å². The van der Waals surface area contributed by atoms with Gasteiger partial charge in [-0.25, -0.2) is 9.59 Å². The monoisotopic (exact) mass is 258 g/mol. The first-order valence-corrected chi connectivity index (χ1v) is 5.98. The normalized spacial score (nSPS) is 27.6. The van der Waals surface area contributed by atoms with Crippen molar-refractivity contribution in [3.05, 3.63) is 0 Å². The number of carbonyl (C=O) groups is 2. The van der Waals surface area contributed by atoms with Crippen LogP contribution in [0.25, 0.3) is 0 Å². The highest BCUT2D eigenvalue weighted by atomic mass is 16.3. The zero-order valence-electron chi connectivity index (χ0n) is 10.5. The van der Waals surface area contributed by atoms with Gasteiger partial charge in [-0.05, 0) is 13.8 Å². The minimum Gasteiger partial charge on any atom is -0.376 e. The van der Waals surface area contributed by atoms with Gasteiger partial charge in [0.2, 0.25) is 0 Å². The third-order valence-corrected chi connectivity index (χ3v) is 3.51. The Hall–Kier alpha value is -1.54. The van der Waals surface area contributed by atoms with E-state index in [9.17, 15) is 19.8 Å². The minimum absolute atomic E-state index is 0.181. The second-order valence-electron chi connectivity index (χ2n) is 4.19. The Balaban J connectivity index is 2.41. The summed E-state index contributed by atoms with van der Waals surface area (Å²) in [6.07, 6.45) is -1.07. The molecule has 2 N–H and O–H groups in total. The van der Waals surface area contributed by atoms with Crippen LogP contribution in [0.2, 0.25) is 0 Å². The van der Waals surface area contributed by atoms with Crippen LogP contribution in [0.4, 0.5) is 9.59 Å². The molecule has 2 atom stereocenters. The molecule has 0 aromatic carbocycles. The average Bonchev–Trinajstić information content (AvgIpc) is 2.78. The van der Waals surface area contributed by atoms with Crippen LogP contribution in [-0.4, -0.2) is 80.8 Å². The molecule has 0 radical (unpaired) electrons. The van der Waals surface area contributed by atoms with Crippen LogP contribution in [0.5, 0.6) is 0 Å². The Morgan fingerprint density at radius 1 is 0.833 bits per heavy atom. The summed E-state index contributed by atoms with van der Waals surface area (Å²) in [5.74, 6) is 0. The van der Waals surface area contributed by atoms with Gasteiger partial charge in [-0.3, -0.25) is 9.80 Å². The van der Waals surface area contributed by atoms with Crippen molar-refractivity contribution in [3.8, 4) is 0 Å². The standard InChI is InChI=1S/C10H18N4O4/c1-3-11-7-8(12(4-2)9(11)17)14(6-16)10(18)13(7)5-15/h7-8,15-16H,3-6H2,1-2H3/t7-,8-/m1/s1. The number of urea groups is 2. The summed E-state index contributed by atoms with van der Waals surface area (Å²) < 4.78 is 0. The van der Waals surface area contributed by atoms with Gasteiger partial charge in [-0.15, -0.1) is 0 Å². The van der Waals surface area contributed by atoms with Gasteiger partial charge < -0.3 is 20.0 Å². The van der Waals surface area contributed by atoms with E-state index in [2.05, 4.69) is 0 Å². The fraction of sp³-hybridized carbons (Fsp3) is 0.800. The first-order chi connectivity index (χ1) is 8.62. The maximum absolute atomic E-state index is 12.1. The molecular weight excluding hydrogens is 240 g/mol. The number of fused-ring (bicyclic) bond motifs is 1. The molecule has 2 saturated heterocycles. The molecule has 18 heavy (non-hydrogen) atoms. The maximum Gasteiger partial charge on any atom is 0.327 e. The van der Waals surface area contributed by atoms with Gasteiger partial charge in [-0.1, -0.05) is 0 Å². The third-order valence-electron chi connectivity index (χ3n) is 3.51. The molecule has 2 fully saturated rings. The fourth-order valence-electron chi connectivity index (χ4n) is 2.70. The van der Waals surface area contributed by atoms with E-state index in [4.69, 9.17) is 0 Å². The summed E-state index contributed by atoms with van der Waals surface area (Å²) in [7, 11) is 0. The van der Waals surface area contributed by atoms with Crippen molar-refractivity contribution < 1.29 is 19.8 Å². The van der Waals surface area contributed by atoms with Crippen molar-refractivity contribution in [2.45, 2.75) is 26.2 Å². The van der Waals surface area contributed by atoms with Gasteiger partial charge in [0.15, 0.2) is 12.3 Å². The smallest absolute Gasteiger partial charge is 0.327 e. The number of carbonyl (C=O) groups excluding carboxylic acids is 2. The number of rotatable bonds is 4. The van der Waals surface area contributed by atoms with E-state index in [1.54, 1.807) is 0 Å². The number of amides is 4. The summed E-state index contributed by atoms with van der Waals surface area (Å²) >= 11 is 0. The summed E-state index contributed by atoms with van der Waals surface area (Å²) in [6.45, 7) is 3.57. The quantitative estimate of drug-likeness (QED) is 0.681. The fourth-order valence-corrected chi connectivity index (χ4v) is 2.70. The molecule has 2 heterocycles. The lowest BCUT2D eigenvalue weighted by Crippen LogP contribution is -2.47. The van der Waals surface area contributed by atoms with E-state index in [0.29, 0.717) is 13.1 Å². The molecule has 4 amide bonds. The van der Waals surface area contributed by atoms with Gasteiger partial charge in [0.05, 0.1) is 0 Å². The largest absolute Gasteiger partial charge is 0.376 e. The van der Waals surface area contributed by atoms with Crippen LogP contribution in [0.1, 0.15) is 13.8 Å². The summed E-state index contributed by atoms with van der Waals surface area (Å²) in [5.41, 5.74) is 0.